The first-order valence-electron chi connectivity index (χ1n) is 4.20. The van der Waals surface area contributed by atoms with Gasteiger partial charge in [0.1, 0.15) is 0 Å². The zero-order chi connectivity index (χ0) is 9.84. The molecule has 0 atom stereocenters. The van der Waals surface area contributed by atoms with Crippen molar-refractivity contribution >= 4 is 11.7 Å². The van der Waals surface area contributed by atoms with Crippen LogP contribution in [0, 0.1) is 0 Å². The molecule has 0 spiro atoms. The number of rotatable bonds is 2. The van der Waals surface area contributed by atoms with E-state index >= 15 is 0 Å². The Balaban J connectivity index is 2.96. The molecule has 0 fully saturated rings. The summed E-state index contributed by atoms with van der Waals surface area (Å²) in [4.78, 5) is 10.7. The molecule has 3 heteroatoms. The van der Waals surface area contributed by atoms with Gasteiger partial charge in [0.25, 0.3) is 0 Å². The van der Waals surface area contributed by atoms with Gasteiger partial charge in [0.05, 0.1) is 5.69 Å². The molecule has 0 aliphatic rings. The lowest BCUT2D eigenvalue weighted by Gasteiger charge is -2.06. The molecule has 0 saturated carbocycles. The third kappa shape index (κ3) is 2.47. The lowest BCUT2D eigenvalue weighted by molar-refractivity contribution is -0.131. The van der Waals surface area contributed by atoms with Crippen LogP contribution in [-0.2, 0) is 11.2 Å². The number of ether oxygens (including phenoxy) is 1. The summed E-state index contributed by atoms with van der Waals surface area (Å²) < 4.78 is 4.92. The fraction of sp³-hybridized carbons (Fsp3) is 0.300. The molecule has 0 aliphatic heterocycles. The van der Waals surface area contributed by atoms with Gasteiger partial charge in [0.15, 0.2) is 5.75 Å². The highest BCUT2D eigenvalue weighted by Crippen LogP contribution is 2.22. The normalized spacial score (nSPS) is 9.69. The second kappa shape index (κ2) is 3.94. The van der Waals surface area contributed by atoms with Crippen LogP contribution in [0.5, 0.6) is 5.75 Å². The van der Waals surface area contributed by atoms with Gasteiger partial charge in [-0.25, -0.2) is 0 Å². The van der Waals surface area contributed by atoms with E-state index < -0.39 is 0 Å². The molecule has 3 nitrogen and oxygen atoms in total. The quantitative estimate of drug-likeness (QED) is 0.427. The van der Waals surface area contributed by atoms with E-state index in [1.165, 1.54) is 6.92 Å². The van der Waals surface area contributed by atoms with Gasteiger partial charge in [-0.15, -0.1) is 0 Å². The molecule has 1 rings (SSSR count). The van der Waals surface area contributed by atoms with Gasteiger partial charge in [-0.1, -0.05) is 13.0 Å². The molecule has 70 valence electrons. The zero-order valence-electron chi connectivity index (χ0n) is 7.83. The fourth-order valence-electron chi connectivity index (χ4n) is 1.04. The Kier molecular flexibility index (Phi) is 2.90. The Hall–Kier alpha value is -1.51. The molecular formula is C10H13NO2. The van der Waals surface area contributed by atoms with Crippen LogP contribution in [0.15, 0.2) is 18.2 Å². The molecule has 0 radical (unpaired) electrons. The van der Waals surface area contributed by atoms with Crippen molar-refractivity contribution in [1.29, 1.82) is 0 Å². The average Bonchev–Trinajstić information content (AvgIpc) is 2.08. The number of nitrogen functional groups attached to an aromatic ring is 1. The molecule has 1 aromatic rings. The van der Waals surface area contributed by atoms with E-state index in [4.69, 9.17) is 10.5 Å². The highest BCUT2D eigenvalue weighted by atomic mass is 16.5. The Labute approximate surface area is 77.5 Å². The second-order valence-electron chi connectivity index (χ2n) is 2.82. The van der Waals surface area contributed by atoms with Crippen molar-refractivity contribution in [2.24, 2.45) is 0 Å². The minimum Gasteiger partial charge on any atom is -0.425 e. The number of aryl methyl sites for hydroxylation is 1. The monoisotopic (exact) mass is 179 g/mol. The SMILES string of the molecule is CCc1ccc(N)c(OC(C)=O)c1. The van der Waals surface area contributed by atoms with Crippen molar-refractivity contribution in [2.45, 2.75) is 20.3 Å². The van der Waals surface area contributed by atoms with Crippen LogP contribution in [0.25, 0.3) is 0 Å². The fourth-order valence-corrected chi connectivity index (χ4v) is 1.04. The first-order chi connectivity index (χ1) is 6.13. The van der Waals surface area contributed by atoms with Gasteiger partial charge in [-0.3, -0.25) is 4.79 Å². The average molecular weight is 179 g/mol. The zero-order valence-corrected chi connectivity index (χ0v) is 7.83. The maximum absolute atomic E-state index is 10.7. The molecule has 0 unspecified atom stereocenters. The van der Waals surface area contributed by atoms with Gasteiger partial charge < -0.3 is 10.5 Å². The highest BCUT2D eigenvalue weighted by Gasteiger charge is 2.03. The van der Waals surface area contributed by atoms with E-state index in [-0.39, 0.29) is 5.97 Å². The number of benzene rings is 1. The van der Waals surface area contributed by atoms with Gasteiger partial charge >= 0.3 is 5.97 Å². The van der Waals surface area contributed by atoms with E-state index in [0.29, 0.717) is 11.4 Å². The summed E-state index contributed by atoms with van der Waals surface area (Å²) in [6.07, 6.45) is 0.897. The van der Waals surface area contributed by atoms with E-state index in [0.717, 1.165) is 12.0 Å². The first-order valence-corrected chi connectivity index (χ1v) is 4.20. The Bertz CT molecular complexity index is 321. The number of anilines is 1. The topological polar surface area (TPSA) is 52.3 Å². The Morgan fingerprint density at radius 3 is 2.77 bits per heavy atom. The van der Waals surface area contributed by atoms with E-state index in [1.54, 1.807) is 12.1 Å². The molecule has 0 saturated heterocycles. The van der Waals surface area contributed by atoms with Crippen LogP contribution in [-0.4, -0.2) is 5.97 Å². The third-order valence-corrected chi connectivity index (χ3v) is 1.74. The van der Waals surface area contributed by atoms with Gasteiger partial charge in [0, 0.05) is 6.92 Å². The summed E-state index contributed by atoms with van der Waals surface area (Å²) in [5.41, 5.74) is 7.21. The van der Waals surface area contributed by atoms with E-state index in [9.17, 15) is 4.79 Å². The van der Waals surface area contributed by atoms with Crippen molar-refractivity contribution in [3.8, 4) is 5.75 Å². The molecule has 2 N–H and O–H groups in total. The Morgan fingerprint density at radius 1 is 1.54 bits per heavy atom. The van der Waals surface area contributed by atoms with Crippen molar-refractivity contribution in [3.63, 3.8) is 0 Å². The van der Waals surface area contributed by atoms with Crippen molar-refractivity contribution in [2.75, 3.05) is 5.73 Å². The van der Waals surface area contributed by atoms with Crippen LogP contribution >= 0.6 is 0 Å². The third-order valence-electron chi connectivity index (χ3n) is 1.74. The number of esters is 1. The lowest BCUT2D eigenvalue weighted by Crippen LogP contribution is -2.04. The van der Waals surface area contributed by atoms with Gasteiger partial charge in [-0.05, 0) is 24.1 Å². The van der Waals surface area contributed by atoms with E-state index in [2.05, 4.69) is 0 Å². The molecule has 13 heavy (non-hydrogen) atoms. The molecule has 0 heterocycles. The summed E-state index contributed by atoms with van der Waals surface area (Å²) in [5.74, 6) is 0.104. The summed E-state index contributed by atoms with van der Waals surface area (Å²) in [6.45, 7) is 3.39. The standard InChI is InChI=1S/C10H13NO2/c1-3-8-4-5-9(11)10(6-8)13-7(2)12/h4-6H,3,11H2,1-2H3. The molecule has 0 amide bonds. The van der Waals surface area contributed by atoms with Crippen LogP contribution in [0.2, 0.25) is 0 Å². The lowest BCUT2D eigenvalue weighted by atomic mass is 10.1. The minimum absolute atomic E-state index is 0.347. The smallest absolute Gasteiger partial charge is 0.308 e. The van der Waals surface area contributed by atoms with Crippen molar-refractivity contribution in [1.82, 2.24) is 0 Å². The number of nitrogens with two attached hydrogens (primary N) is 1. The van der Waals surface area contributed by atoms with Crippen LogP contribution < -0.4 is 10.5 Å². The maximum atomic E-state index is 10.7. The number of carbonyl (C=O) groups excluding carboxylic acids is 1. The van der Waals surface area contributed by atoms with Crippen LogP contribution in [0.4, 0.5) is 5.69 Å². The summed E-state index contributed by atoms with van der Waals surface area (Å²) >= 11 is 0. The van der Waals surface area contributed by atoms with Crippen LogP contribution in [0.3, 0.4) is 0 Å². The molecule has 0 aliphatic carbocycles. The first kappa shape index (κ1) is 9.58. The van der Waals surface area contributed by atoms with E-state index in [1.807, 2.05) is 13.0 Å². The predicted molar refractivity (Wildman–Crippen MR) is 51.5 cm³/mol. The molecule has 1 aromatic carbocycles. The number of carbonyl (C=O) groups is 1. The molecular weight excluding hydrogens is 166 g/mol. The van der Waals surface area contributed by atoms with Crippen molar-refractivity contribution in [3.05, 3.63) is 23.8 Å². The highest BCUT2D eigenvalue weighted by molar-refractivity contribution is 5.72. The predicted octanol–water partition coefficient (Wildman–Crippen LogP) is 1.76. The second-order valence-corrected chi connectivity index (χ2v) is 2.82. The summed E-state index contributed by atoms with van der Waals surface area (Å²) in [7, 11) is 0. The molecule has 0 aromatic heterocycles. The largest absolute Gasteiger partial charge is 0.425 e. The number of hydrogen-bond donors (Lipinski definition) is 1. The van der Waals surface area contributed by atoms with Crippen LogP contribution in [0.1, 0.15) is 19.4 Å². The number of hydrogen-bond acceptors (Lipinski definition) is 3. The van der Waals surface area contributed by atoms with Gasteiger partial charge in [0.2, 0.25) is 0 Å². The maximum Gasteiger partial charge on any atom is 0.308 e. The minimum atomic E-state index is -0.347. The van der Waals surface area contributed by atoms with Crippen molar-refractivity contribution < 1.29 is 9.53 Å². The summed E-state index contributed by atoms with van der Waals surface area (Å²) in [5, 5.41) is 0. The summed E-state index contributed by atoms with van der Waals surface area (Å²) in [6, 6.07) is 5.45. The Morgan fingerprint density at radius 2 is 2.23 bits per heavy atom. The van der Waals surface area contributed by atoms with Gasteiger partial charge in [-0.2, -0.15) is 0 Å². The molecule has 0 bridgehead atoms.